The summed E-state index contributed by atoms with van der Waals surface area (Å²) in [6.45, 7) is 5.42. The Labute approximate surface area is 184 Å². The summed E-state index contributed by atoms with van der Waals surface area (Å²) in [5.74, 6) is 0.193. The van der Waals surface area contributed by atoms with Gasteiger partial charge in [0, 0.05) is 17.6 Å². The van der Waals surface area contributed by atoms with Crippen LogP contribution in [-0.2, 0) is 4.79 Å². The second-order valence-electron chi connectivity index (χ2n) is 8.50. The van der Waals surface area contributed by atoms with Gasteiger partial charge in [0.25, 0.3) is 5.91 Å². The van der Waals surface area contributed by atoms with E-state index in [2.05, 4.69) is 33.9 Å². The fourth-order valence-electron chi connectivity index (χ4n) is 4.69. The zero-order chi connectivity index (χ0) is 20.2. The number of halogens is 1. The molecular formula is C23H32ClN3OS. The summed E-state index contributed by atoms with van der Waals surface area (Å²) in [6.07, 6.45) is 9.57. The number of benzene rings is 1. The van der Waals surface area contributed by atoms with Crippen LogP contribution in [0.25, 0.3) is 0 Å². The van der Waals surface area contributed by atoms with Crippen molar-refractivity contribution in [2.75, 3.05) is 39.8 Å². The summed E-state index contributed by atoms with van der Waals surface area (Å²) >= 11 is 7.97. The monoisotopic (exact) mass is 433 g/mol. The average molecular weight is 434 g/mol. The molecule has 0 N–H and O–H groups in total. The van der Waals surface area contributed by atoms with Crippen LogP contribution in [0, 0.1) is 0 Å². The van der Waals surface area contributed by atoms with Crippen LogP contribution in [-0.4, -0.2) is 66.4 Å². The second-order valence-corrected chi connectivity index (χ2v) is 10.1. The van der Waals surface area contributed by atoms with Crippen LogP contribution in [0.15, 0.2) is 35.2 Å². The maximum Gasteiger partial charge on any atom is 0.261 e. The van der Waals surface area contributed by atoms with Crippen LogP contribution in [0.2, 0.25) is 5.02 Å². The molecule has 1 aromatic rings. The molecule has 1 aromatic carbocycles. The first-order valence-corrected chi connectivity index (χ1v) is 12.2. The van der Waals surface area contributed by atoms with Crippen molar-refractivity contribution in [3.63, 3.8) is 0 Å². The first-order valence-electron chi connectivity index (χ1n) is 11.0. The number of carbonyl (C=O) groups excluding carboxylic acids is 1. The van der Waals surface area contributed by atoms with E-state index >= 15 is 0 Å². The first kappa shape index (κ1) is 21.2. The number of rotatable bonds is 6. The fraction of sp³-hybridized carbons (Fsp3) is 0.609. The van der Waals surface area contributed by atoms with Gasteiger partial charge in [0.1, 0.15) is 5.37 Å². The minimum atomic E-state index is 0.0283. The Kier molecular flexibility index (Phi) is 7.22. The normalized spacial score (nSPS) is 28.0. The Hall–Kier alpha value is -1.01. The van der Waals surface area contributed by atoms with Crippen molar-refractivity contribution in [2.24, 2.45) is 0 Å². The third-order valence-electron chi connectivity index (χ3n) is 6.37. The molecule has 29 heavy (non-hydrogen) atoms. The Balaban J connectivity index is 1.48. The molecule has 0 saturated carbocycles. The molecule has 4 rings (SSSR count). The SMILES string of the molecule is CN1CCCC1C=C1SC(c2cccc(Cl)c2)N(CCCN2CCCCC2)C1=O. The van der Waals surface area contributed by atoms with Crippen molar-refractivity contribution >= 4 is 29.3 Å². The minimum absolute atomic E-state index is 0.0283. The maximum atomic E-state index is 13.3. The van der Waals surface area contributed by atoms with Crippen LogP contribution in [0.3, 0.4) is 0 Å². The maximum absolute atomic E-state index is 13.3. The number of piperidine rings is 1. The molecule has 0 aromatic heterocycles. The number of hydrogen-bond acceptors (Lipinski definition) is 4. The summed E-state index contributed by atoms with van der Waals surface area (Å²) in [7, 11) is 2.16. The van der Waals surface area contributed by atoms with Crippen molar-refractivity contribution in [1.82, 2.24) is 14.7 Å². The highest BCUT2D eigenvalue weighted by molar-refractivity contribution is 8.04. The zero-order valence-corrected chi connectivity index (χ0v) is 18.9. The number of thioether (sulfide) groups is 1. The number of carbonyl (C=O) groups is 1. The van der Waals surface area contributed by atoms with E-state index < -0.39 is 0 Å². The summed E-state index contributed by atoms with van der Waals surface area (Å²) in [5, 5.41) is 0.761. The molecule has 3 saturated heterocycles. The van der Waals surface area contributed by atoms with Crippen LogP contribution in [0.1, 0.15) is 49.5 Å². The Morgan fingerprint density at radius 3 is 2.69 bits per heavy atom. The first-order chi connectivity index (χ1) is 14.1. The standard InChI is InChI=1S/C23H32ClN3OS/c1-25-11-6-10-20(25)17-21-22(28)27(15-7-14-26-12-3-2-4-13-26)23(29-21)18-8-5-9-19(24)16-18/h5,8-9,16-17,20,23H,2-4,6-7,10-15H2,1H3. The fourth-order valence-corrected chi connectivity index (χ4v) is 6.19. The van der Waals surface area contributed by atoms with Crippen LogP contribution in [0.5, 0.6) is 0 Å². The average Bonchev–Trinajstić information content (AvgIpc) is 3.27. The largest absolute Gasteiger partial charge is 0.322 e. The van der Waals surface area contributed by atoms with E-state index in [1.807, 2.05) is 18.2 Å². The van der Waals surface area contributed by atoms with Crippen molar-refractivity contribution < 1.29 is 4.79 Å². The molecular weight excluding hydrogens is 402 g/mol. The van der Waals surface area contributed by atoms with Gasteiger partial charge in [-0.3, -0.25) is 9.69 Å². The van der Waals surface area contributed by atoms with E-state index in [0.717, 1.165) is 48.0 Å². The van der Waals surface area contributed by atoms with E-state index in [1.54, 1.807) is 11.8 Å². The molecule has 3 heterocycles. The van der Waals surface area contributed by atoms with Gasteiger partial charge in [-0.2, -0.15) is 0 Å². The molecule has 158 valence electrons. The lowest BCUT2D eigenvalue weighted by Gasteiger charge is -2.28. The molecule has 2 atom stereocenters. The molecule has 0 spiro atoms. The van der Waals surface area contributed by atoms with E-state index in [9.17, 15) is 4.79 Å². The Morgan fingerprint density at radius 2 is 1.97 bits per heavy atom. The Bertz CT molecular complexity index is 749. The van der Waals surface area contributed by atoms with Gasteiger partial charge in [-0.25, -0.2) is 0 Å². The molecule has 3 aliphatic heterocycles. The van der Waals surface area contributed by atoms with E-state index in [4.69, 9.17) is 11.6 Å². The third kappa shape index (κ3) is 5.19. The molecule has 3 aliphatic rings. The second kappa shape index (κ2) is 9.86. The zero-order valence-electron chi connectivity index (χ0n) is 17.4. The van der Waals surface area contributed by atoms with Gasteiger partial charge in [-0.05, 0) is 89.1 Å². The van der Waals surface area contributed by atoms with Crippen molar-refractivity contribution in [1.29, 1.82) is 0 Å². The molecule has 0 aliphatic carbocycles. The highest BCUT2D eigenvalue weighted by Gasteiger charge is 2.37. The van der Waals surface area contributed by atoms with Crippen LogP contribution >= 0.6 is 23.4 Å². The Morgan fingerprint density at radius 1 is 1.14 bits per heavy atom. The van der Waals surface area contributed by atoms with Gasteiger partial charge >= 0.3 is 0 Å². The smallest absolute Gasteiger partial charge is 0.261 e. The lowest BCUT2D eigenvalue weighted by molar-refractivity contribution is -0.126. The van der Waals surface area contributed by atoms with Gasteiger partial charge in [0.05, 0.1) is 4.91 Å². The number of hydrogen-bond donors (Lipinski definition) is 0. The molecule has 4 nitrogen and oxygen atoms in total. The van der Waals surface area contributed by atoms with Gasteiger partial charge in [0.2, 0.25) is 0 Å². The topological polar surface area (TPSA) is 26.8 Å². The summed E-state index contributed by atoms with van der Waals surface area (Å²) in [6, 6.07) is 8.38. The lowest BCUT2D eigenvalue weighted by atomic mass is 10.1. The van der Waals surface area contributed by atoms with E-state index in [1.165, 1.54) is 38.8 Å². The number of likely N-dealkylation sites (N-methyl/N-ethyl adjacent to an activating group) is 1. The molecule has 1 amide bonds. The van der Waals surface area contributed by atoms with Gasteiger partial charge in [-0.1, -0.05) is 41.9 Å². The minimum Gasteiger partial charge on any atom is -0.322 e. The lowest BCUT2D eigenvalue weighted by Crippen LogP contribution is -2.34. The quantitative estimate of drug-likeness (QED) is 0.604. The summed E-state index contributed by atoms with van der Waals surface area (Å²) in [4.78, 5) is 21.2. The van der Waals surface area contributed by atoms with Crippen LogP contribution < -0.4 is 0 Å². The molecule has 0 radical (unpaired) electrons. The van der Waals surface area contributed by atoms with Crippen molar-refractivity contribution in [3.05, 3.63) is 45.8 Å². The number of likely N-dealkylation sites (tertiary alicyclic amines) is 2. The van der Waals surface area contributed by atoms with Crippen LogP contribution in [0.4, 0.5) is 0 Å². The highest BCUT2D eigenvalue weighted by Crippen LogP contribution is 2.46. The number of amides is 1. The van der Waals surface area contributed by atoms with Gasteiger partial charge in [-0.15, -0.1) is 0 Å². The molecule has 2 unspecified atom stereocenters. The van der Waals surface area contributed by atoms with Crippen molar-refractivity contribution in [2.45, 2.75) is 49.9 Å². The van der Waals surface area contributed by atoms with E-state index in [-0.39, 0.29) is 11.3 Å². The van der Waals surface area contributed by atoms with Gasteiger partial charge < -0.3 is 9.80 Å². The van der Waals surface area contributed by atoms with Crippen molar-refractivity contribution in [3.8, 4) is 0 Å². The molecule has 3 fully saturated rings. The highest BCUT2D eigenvalue weighted by atomic mass is 35.5. The number of nitrogens with zero attached hydrogens (tertiary/aromatic N) is 3. The molecule has 0 bridgehead atoms. The molecule has 6 heteroatoms. The predicted molar refractivity (Wildman–Crippen MR) is 122 cm³/mol. The van der Waals surface area contributed by atoms with E-state index in [0.29, 0.717) is 6.04 Å². The predicted octanol–water partition coefficient (Wildman–Crippen LogP) is 4.77. The third-order valence-corrected chi connectivity index (χ3v) is 7.92. The van der Waals surface area contributed by atoms with Gasteiger partial charge in [0.15, 0.2) is 0 Å². The summed E-state index contributed by atoms with van der Waals surface area (Å²) < 4.78 is 0. The summed E-state index contributed by atoms with van der Waals surface area (Å²) in [5.41, 5.74) is 1.12.